The number of benzene rings is 1. The number of hydrogen-bond acceptors (Lipinski definition) is 3. The second-order valence-corrected chi connectivity index (χ2v) is 7.61. The van der Waals surface area contributed by atoms with Crippen molar-refractivity contribution in [2.45, 2.75) is 44.6 Å². The van der Waals surface area contributed by atoms with Crippen LogP contribution in [0, 0.1) is 11.7 Å². The molecule has 0 aliphatic rings. The van der Waals surface area contributed by atoms with E-state index in [-0.39, 0.29) is 11.7 Å². The summed E-state index contributed by atoms with van der Waals surface area (Å²) >= 11 is 3.06. The predicted molar refractivity (Wildman–Crippen MR) is 82.4 cm³/mol. The molecule has 0 aliphatic carbocycles. The number of anilines is 1. The van der Waals surface area contributed by atoms with Crippen LogP contribution in [0.2, 0.25) is 0 Å². The van der Waals surface area contributed by atoms with Gasteiger partial charge >= 0.3 is 0 Å². The van der Waals surface area contributed by atoms with Crippen molar-refractivity contribution in [3.8, 4) is 0 Å². The van der Waals surface area contributed by atoms with Crippen molar-refractivity contribution in [1.82, 2.24) is 4.72 Å². The van der Waals surface area contributed by atoms with E-state index in [1.54, 1.807) is 6.92 Å². The highest BCUT2D eigenvalue weighted by Crippen LogP contribution is 2.26. The van der Waals surface area contributed by atoms with Gasteiger partial charge in [-0.1, -0.05) is 20.3 Å². The summed E-state index contributed by atoms with van der Waals surface area (Å²) in [6.07, 6.45) is 1.66. The van der Waals surface area contributed by atoms with Crippen LogP contribution < -0.4 is 10.5 Å². The monoisotopic (exact) mass is 366 g/mol. The number of hydrogen-bond donors (Lipinski definition) is 2. The lowest BCUT2D eigenvalue weighted by Gasteiger charge is -2.18. The second kappa shape index (κ2) is 6.87. The van der Waals surface area contributed by atoms with Gasteiger partial charge in [0, 0.05) is 16.2 Å². The summed E-state index contributed by atoms with van der Waals surface area (Å²) in [5.41, 5.74) is 5.80. The van der Waals surface area contributed by atoms with Crippen LogP contribution in [0.1, 0.15) is 33.6 Å². The molecule has 2 atom stereocenters. The third kappa shape index (κ3) is 4.43. The first-order valence-electron chi connectivity index (χ1n) is 6.44. The van der Waals surface area contributed by atoms with Crippen LogP contribution in [0.25, 0.3) is 0 Å². The average Bonchev–Trinajstić information content (AvgIpc) is 2.32. The van der Waals surface area contributed by atoms with Gasteiger partial charge in [0.2, 0.25) is 10.0 Å². The van der Waals surface area contributed by atoms with Gasteiger partial charge in [0.1, 0.15) is 10.7 Å². The highest BCUT2D eigenvalue weighted by molar-refractivity contribution is 9.10. The van der Waals surface area contributed by atoms with Gasteiger partial charge < -0.3 is 5.73 Å². The number of halogens is 2. The summed E-state index contributed by atoms with van der Waals surface area (Å²) in [7, 11) is -3.91. The van der Waals surface area contributed by atoms with Gasteiger partial charge in [0.25, 0.3) is 0 Å². The Morgan fingerprint density at radius 1 is 1.40 bits per heavy atom. The molecule has 7 heteroatoms. The fourth-order valence-corrected chi connectivity index (χ4v) is 3.56. The molecule has 0 saturated carbocycles. The van der Waals surface area contributed by atoms with Gasteiger partial charge in [0.15, 0.2) is 0 Å². The lowest BCUT2D eigenvalue weighted by Crippen LogP contribution is -2.34. The van der Waals surface area contributed by atoms with Crippen molar-refractivity contribution in [2.75, 3.05) is 5.73 Å². The van der Waals surface area contributed by atoms with Gasteiger partial charge in [-0.05, 0) is 47.3 Å². The topological polar surface area (TPSA) is 72.2 Å². The molecule has 0 saturated heterocycles. The molecule has 0 radical (unpaired) electrons. The maximum Gasteiger partial charge on any atom is 0.243 e. The zero-order valence-electron chi connectivity index (χ0n) is 11.8. The number of nitrogens with one attached hydrogen (secondary N) is 1. The zero-order valence-corrected chi connectivity index (χ0v) is 14.2. The average molecular weight is 367 g/mol. The van der Waals surface area contributed by atoms with E-state index in [1.807, 2.05) is 13.8 Å². The number of rotatable bonds is 6. The van der Waals surface area contributed by atoms with E-state index in [0.29, 0.717) is 16.8 Å². The van der Waals surface area contributed by atoms with Crippen molar-refractivity contribution in [2.24, 2.45) is 5.92 Å². The van der Waals surface area contributed by atoms with Crippen molar-refractivity contribution in [3.05, 3.63) is 22.4 Å². The van der Waals surface area contributed by atoms with Crippen LogP contribution in [0.4, 0.5) is 10.1 Å². The van der Waals surface area contributed by atoms with Gasteiger partial charge in [-0.15, -0.1) is 0 Å². The Morgan fingerprint density at radius 3 is 2.55 bits per heavy atom. The van der Waals surface area contributed by atoms with Crippen molar-refractivity contribution in [3.63, 3.8) is 0 Å². The molecule has 2 unspecified atom stereocenters. The van der Waals surface area contributed by atoms with Crippen LogP contribution in [0.15, 0.2) is 21.5 Å². The van der Waals surface area contributed by atoms with E-state index < -0.39 is 20.7 Å². The van der Waals surface area contributed by atoms with E-state index in [0.717, 1.165) is 18.6 Å². The Balaban J connectivity index is 2.97. The summed E-state index contributed by atoms with van der Waals surface area (Å²) in [5.74, 6) is -0.429. The Labute approximate surface area is 128 Å². The molecule has 0 spiro atoms. The molecule has 3 N–H and O–H groups in total. The van der Waals surface area contributed by atoms with E-state index >= 15 is 0 Å². The minimum atomic E-state index is -3.91. The molecule has 0 heterocycles. The first kappa shape index (κ1) is 17.4. The quantitative estimate of drug-likeness (QED) is 0.758. The normalized spacial score (nSPS) is 15.1. The predicted octanol–water partition coefficient (Wildman–Crippen LogP) is 3.27. The molecule has 114 valence electrons. The van der Waals surface area contributed by atoms with Crippen LogP contribution in [0.3, 0.4) is 0 Å². The van der Waals surface area contributed by atoms with Gasteiger partial charge in [-0.3, -0.25) is 0 Å². The molecule has 0 aliphatic heterocycles. The smallest absolute Gasteiger partial charge is 0.243 e. The third-order valence-electron chi connectivity index (χ3n) is 3.15. The van der Waals surface area contributed by atoms with Crippen LogP contribution in [-0.4, -0.2) is 14.5 Å². The molecule has 0 fully saturated rings. The van der Waals surface area contributed by atoms with Crippen LogP contribution in [0.5, 0.6) is 0 Å². The van der Waals surface area contributed by atoms with Crippen molar-refractivity contribution in [1.29, 1.82) is 0 Å². The number of nitrogens with two attached hydrogens (primary N) is 1. The molecule has 0 aromatic heterocycles. The molecule has 1 aromatic carbocycles. The van der Waals surface area contributed by atoms with E-state index in [4.69, 9.17) is 5.73 Å². The SMILES string of the molecule is CCC(C)CC(C)NS(=O)(=O)c1cc(N)c(Br)cc1F. The van der Waals surface area contributed by atoms with E-state index in [1.165, 1.54) is 0 Å². The Hall–Kier alpha value is -0.660. The fourth-order valence-electron chi connectivity index (χ4n) is 1.90. The molecule has 1 rings (SSSR count). The largest absolute Gasteiger partial charge is 0.398 e. The minimum Gasteiger partial charge on any atom is -0.398 e. The summed E-state index contributed by atoms with van der Waals surface area (Å²) in [6, 6.07) is 1.92. The minimum absolute atomic E-state index is 0.182. The fraction of sp³-hybridized carbons (Fsp3) is 0.538. The maximum atomic E-state index is 13.8. The molecule has 0 bridgehead atoms. The van der Waals surface area contributed by atoms with Crippen LogP contribution >= 0.6 is 15.9 Å². The maximum absolute atomic E-state index is 13.8. The lowest BCUT2D eigenvalue weighted by atomic mass is 10.0. The molecular weight excluding hydrogens is 347 g/mol. The molecular formula is C13H20BrFN2O2S. The number of nitrogen functional groups attached to an aromatic ring is 1. The zero-order chi connectivity index (χ0) is 15.5. The highest BCUT2D eigenvalue weighted by atomic mass is 79.9. The summed E-state index contributed by atoms with van der Waals surface area (Å²) < 4.78 is 41.0. The van der Waals surface area contributed by atoms with Gasteiger partial charge in [0.05, 0.1) is 0 Å². The third-order valence-corrected chi connectivity index (χ3v) is 5.44. The summed E-state index contributed by atoms with van der Waals surface area (Å²) in [5, 5.41) is 0. The van der Waals surface area contributed by atoms with E-state index in [9.17, 15) is 12.8 Å². The Bertz CT molecular complexity index is 578. The first-order chi connectivity index (χ1) is 9.17. The number of sulfonamides is 1. The Kier molecular flexibility index (Phi) is 5.97. The molecule has 20 heavy (non-hydrogen) atoms. The summed E-state index contributed by atoms with van der Waals surface area (Å²) in [6.45, 7) is 5.85. The van der Waals surface area contributed by atoms with Crippen molar-refractivity contribution >= 4 is 31.6 Å². The van der Waals surface area contributed by atoms with Crippen LogP contribution in [-0.2, 0) is 10.0 Å². The first-order valence-corrected chi connectivity index (χ1v) is 8.71. The standard InChI is InChI=1S/C13H20BrFN2O2S/c1-4-8(2)5-9(3)17-20(18,19)13-7-12(16)10(14)6-11(13)15/h6-9,17H,4-5,16H2,1-3H3. The van der Waals surface area contributed by atoms with E-state index in [2.05, 4.69) is 20.7 Å². The second-order valence-electron chi connectivity index (χ2n) is 5.08. The lowest BCUT2D eigenvalue weighted by molar-refractivity contribution is 0.444. The van der Waals surface area contributed by atoms with Gasteiger partial charge in [-0.25, -0.2) is 17.5 Å². The summed E-state index contributed by atoms with van der Waals surface area (Å²) in [4.78, 5) is -0.422. The Morgan fingerprint density at radius 2 is 2.00 bits per heavy atom. The highest BCUT2D eigenvalue weighted by Gasteiger charge is 2.23. The van der Waals surface area contributed by atoms with Gasteiger partial charge in [-0.2, -0.15) is 0 Å². The molecule has 0 amide bonds. The molecule has 4 nitrogen and oxygen atoms in total. The molecule has 1 aromatic rings. The van der Waals surface area contributed by atoms with Crippen molar-refractivity contribution < 1.29 is 12.8 Å².